The molecule has 1 nitrogen and oxygen atoms in total. The van der Waals surface area contributed by atoms with Crippen molar-refractivity contribution < 1.29 is 8.78 Å². The number of hydrogen-bond acceptors (Lipinski definition) is 1. The zero-order valence-corrected chi connectivity index (χ0v) is 6.95. The van der Waals surface area contributed by atoms with Crippen LogP contribution < -0.4 is 5.32 Å². The van der Waals surface area contributed by atoms with Crippen LogP contribution in [0.15, 0.2) is 12.2 Å². The maximum Gasteiger partial charge on any atom is 0.260 e. The van der Waals surface area contributed by atoms with E-state index in [0.717, 1.165) is 13.1 Å². The number of nitrogens with one attached hydrogen (secondary N) is 1. The van der Waals surface area contributed by atoms with Gasteiger partial charge in [-0.3, -0.25) is 0 Å². The summed E-state index contributed by atoms with van der Waals surface area (Å²) in [5.41, 5.74) is -0.807. The van der Waals surface area contributed by atoms with Crippen molar-refractivity contribution >= 4 is 0 Å². The molecule has 0 bridgehead atoms. The minimum absolute atomic E-state index is 0.0625. The van der Waals surface area contributed by atoms with Crippen LogP contribution in [0.2, 0.25) is 0 Å². The van der Waals surface area contributed by atoms with Gasteiger partial charge < -0.3 is 5.32 Å². The normalized spacial score (nSPS) is 31.2. The van der Waals surface area contributed by atoms with Gasteiger partial charge in [0, 0.05) is 6.42 Å². The highest BCUT2D eigenvalue weighted by molar-refractivity contribution is 5.16. The first kappa shape index (κ1) is 8.17. The second-order valence-electron chi connectivity index (χ2n) is 3.72. The molecule has 2 aliphatic rings. The summed E-state index contributed by atoms with van der Waals surface area (Å²) in [7, 11) is 0. The van der Waals surface area contributed by atoms with E-state index in [1.807, 2.05) is 0 Å². The summed E-state index contributed by atoms with van der Waals surface area (Å²) in [5.74, 6) is -2.49. The Labute approximate surface area is 70.8 Å². The molecule has 0 unspecified atom stereocenters. The highest BCUT2D eigenvalue weighted by atomic mass is 19.3. The lowest BCUT2D eigenvalue weighted by Crippen LogP contribution is -2.44. The molecular formula is C9H13F2N. The van der Waals surface area contributed by atoms with E-state index in [-0.39, 0.29) is 6.42 Å². The lowest BCUT2D eigenvalue weighted by molar-refractivity contribution is -0.0971. The molecule has 0 radical (unpaired) electrons. The summed E-state index contributed by atoms with van der Waals surface area (Å²) < 4.78 is 26.8. The van der Waals surface area contributed by atoms with Gasteiger partial charge in [-0.2, -0.15) is 0 Å². The summed E-state index contributed by atoms with van der Waals surface area (Å²) in [4.78, 5) is 0. The predicted octanol–water partition coefficient (Wildman–Crippen LogP) is 1.95. The van der Waals surface area contributed by atoms with Crippen molar-refractivity contribution in [1.29, 1.82) is 0 Å². The smallest absolute Gasteiger partial charge is 0.260 e. The lowest BCUT2D eigenvalue weighted by Gasteiger charge is -2.37. The monoisotopic (exact) mass is 173 g/mol. The van der Waals surface area contributed by atoms with Crippen molar-refractivity contribution in [2.75, 3.05) is 13.1 Å². The summed E-state index contributed by atoms with van der Waals surface area (Å²) in [6.07, 6.45) is 4.46. The average molecular weight is 173 g/mol. The largest absolute Gasteiger partial charge is 0.317 e. The zero-order valence-electron chi connectivity index (χ0n) is 6.95. The molecule has 0 aromatic carbocycles. The van der Waals surface area contributed by atoms with Crippen LogP contribution in [0, 0.1) is 5.41 Å². The molecule has 2 rings (SSSR count). The molecule has 0 aromatic rings. The Morgan fingerprint density at radius 3 is 2.33 bits per heavy atom. The Morgan fingerprint density at radius 1 is 1.17 bits per heavy atom. The predicted molar refractivity (Wildman–Crippen MR) is 43.2 cm³/mol. The average Bonchev–Trinajstić information content (AvgIpc) is 2.30. The van der Waals surface area contributed by atoms with Crippen molar-refractivity contribution in [2.45, 2.75) is 25.2 Å². The van der Waals surface area contributed by atoms with Crippen LogP contribution in [0.4, 0.5) is 8.78 Å². The van der Waals surface area contributed by atoms with Gasteiger partial charge in [0.05, 0.1) is 5.41 Å². The van der Waals surface area contributed by atoms with Crippen LogP contribution in [0.3, 0.4) is 0 Å². The first-order valence-corrected chi connectivity index (χ1v) is 4.43. The zero-order chi connectivity index (χ0) is 8.66. The molecule has 0 atom stereocenters. The van der Waals surface area contributed by atoms with E-state index in [1.165, 1.54) is 0 Å². The Hall–Kier alpha value is -0.440. The van der Waals surface area contributed by atoms with Crippen LogP contribution in [-0.2, 0) is 0 Å². The molecule has 0 amide bonds. The van der Waals surface area contributed by atoms with E-state index < -0.39 is 11.3 Å². The molecule has 1 aliphatic carbocycles. The van der Waals surface area contributed by atoms with Gasteiger partial charge in [0.1, 0.15) is 0 Å². The van der Waals surface area contributed by atoms with Crippen molar-refractivity contribution in [3.63, 3.8) is 0 Å². The van der Waals surface area contributed by atoms with E-state index in [0.29, 0.717) is 12.8 Å². The fourth-order valence-electron chi connectivity index (χ4n) is 2.16. The molecule has 1 spiro atoms. The Balaban J connectivity index is 2.22. The molecule has 12 heavy (non-hydrogen) atoms. The van der Waals surface area contributed by atoms with Gasteiger partial charge in [0.25, 0.3) is 5.92 Å². The highest BCUT2D eigenvalue weighted by Crippen LogP contribution is 2.51. The van der Waals surface area contributed by atoms with Gasteiger partial charge in [0.15, 0.2) is 0 Å². The second-order valence-corrected chi connectivity index (χ2v) is 3.72. The van der Waals surface area contributed by atoms with Crippen LogP contribution in [0.5, 0.6) is 0 Å². The fourth-order valence-corrected chi connectivity index (χ4v) is 2.16. The third-order valence-electron chi connectivity index (χ3n) is 3.04. The third-order valence-corrected chi connectivity index (χ3v) is 3.04. The Bertz CT molecular complexity index is 205. The van der Waals surface area contributed by atoms with Crippen LogP contribution in [-0.4, -0.2) is 19.0 Å². The quantitative estimate of drug-likeness (QED) is 0.552. The second kappa shape index (κ2) is 2.52. The standard InChI is InChI=1S/C9H13F2N/c10-9(11)3-1-2-8(9)4-6-12-7-5-8/h1-2,12H,3-7H2. The summed E-state index contributed by atoms with van der Waals surface area (Å²) >= 11 is 0. The SMILES string of the molecule is FC1(F)CC=CC12CCNCC2. The van der Waals surface area contributed by atoms with Crippen LogP contribution in [0.25, 0.3) is 0 Å². The first-order chi connectivity index (χ1) is 5.66. The lowest BCUT2D eigenvalue weighted by atomic mass is 9.76. The molecule has 0 saturated carbocycles. The maximum atomic E-state index is 13.4. The number of rotatable bonds is 0. The molecule has 1 aliphatic heterocycles. The number of piperidine rings is 1. The topological polar surface area (TPSA) is 12.0 Å². The van der Waals surface area contributed by atoms with Gasteiger partial charge >= 0.3 is 0 Å². The number of alkyl halides is 2. The summed E-state index contributed by atoms with van der Waals surface area (Å²) in [5, 5.41) is 3.11. The molecule has 1 N–H and O–H groups in total. The third kappa shape index (κ3) is 0.993. The fraction of sp³-hybridized carbons (Fsp3) is 0.778. The minimum atomic E-state index is -2.49. The van der Waals surface area contributed by atoms with E-state index in [2.05, 4.69) is 5.32 Å². The molecule has 1 saturated heterocycles. The van der Waals surface area contributed by atoms with Gasteiger partial charge in [0.2, 0.25) is 0 Å². The number of hydrogen-bond donors (Lipinski definition) is 1. The van der Waals surface area contributed by atoms with Crippen LogP contribution >= 0.6 is 0 Å². The van der Waals surface area contributed by atoms with Crippen molar-refractivity contribution in [3.8, 4) is 0 Å². The first-order valence-electron chi connectivity index (χ1n) is 4.43. The van der Waals surface area contributed by atoms with Crippen molar-refractivity contribution in [3.05, 3.63) is 12.2 Å². The van der Waals surface area contributed by atoms with E-state index in [9.17, 15) is 8.78 Å². The molecular weight excluding hydrogens is 160 g/mol. The van der Waals surface area contributed by atoms with E-state index in [4.69, 9.17) is 0 Å². The van der Waals surface area contributed by atoms with E-state index >= 15 is 0 Å². The molecule has 68 valence electrons. The molecule has 3 heteroatoms. The van der Waals surface area contributed by atoms with Gasteiger partial charge in [-0.25, -0.2) is 8.78 Å². The van der Waals surface area contributed by atoms with Crippen LogP contribution in [0.1, 0.15) is 19.3 Å². The molecule has 1 fully saturated rings. The van der Waals surface area contributed by atoms with Crippen molar-refractivity contribution in [2.24, 2.45) is 5.41 Å². The van der Waals surface area contributed by atoms with Gasteiger partial charge in [-0.15, -0.1) is 0 Å². The summed E-state index contributed by atoms with van der Waals surface area (Å²) in [6.45, 7) is 1.44. The van der Waals surface area contributed by atoms with Crippen molar-refractivity contribution in [1.82, 2.24) is 5.32 Å². The molecule has 1 heterocycles. The highest BCUT2D eigenvalue weighted by Gasteiger charge is 2.53. The minimum Gasteiger partial charge on any atom is -0.317 e. The summed E-state index contributed by atoms with van der Waals surface area (Å²) in [6, 6.07) is 0. The number of halogens is 2. The maximum absolute atomic E-state index is 13.4. The molecule has 0 aromatic heterocycles. The van der Waals surface area contributed by atoms with E-state index in [1.54, 1.807) is 12.2 Å². The Kier molecular flexibility index (Phi) is 1.72. The number of allylic oxidation sites excluding steroid dienone is 2. The van der Waals surface area contributed by atoms with Gasteiger partial charge in [-0.05, 0) is 25.9 Å². The Morgan fingerprint density at radius 2 is 1.83 bits per heavy atom. The van der Waals surface area contributed by atoms with Gasteiger partial charge in [-0.1, -0.05) is 12.2 Å².